The highest BCUT2D eigenvalue weighted by molar-refractivity contribution is 5.53. The van der Waals surface area contributed by atoms with Crippen LogP contribution in [-0.4, -0.2) is 26.0 Å². The van der Waals surface area contributed by atoms with Crippen LogP contribution in [0.25, 0.3) is 0 Å². The van der Waals surface area contributed by atoms with Crippen LogP contribution in [0, 0.1) is 0 Å². The Balaban J connectivity index is 2.16. The summed E-state index contributed by atoms with van der Waals surface area (Å²) in [6.07, 6.45) is 3.46. The van der Waals surface area contributed by atoms with E-state index in [4.69, 9.17) is 0 Å². The van der Waals surface area contributed by atoms with Crippen LogP contribution in [0.4, 0.5) is 0 Å². The van der Waals surface area contributed by atoms with Crippen LogP contribution >= 0.6 is 0 Å². The average Bonchev–Trinajstić information content (AvgIpc) is 2.52. The molecule has 2 aromatic rings. The summed E-state index contributed by atoms with van der Waals surface area (Å²) in [7, 11) is 0. The first-order chi connectivity index (χ1) is 11.4. The van der Waals surface area contributed by atoms with Gasteiger partial charge >= 0.3 is 0 Å². The van der Waals surface area contributed by atoms with Crippen LogP contribution in [0.1, 0.15) is 30.4 Å². The van der Waals surface area contributed by atoms with Crippen molar-refractivity contribution in [2.75, 3.05) is 0 Å². The highest BCUT2D eigenvalue weighted by Gasteiger charge is 2.30. The average molecular weight is 324 g/mol. The number of hydrogen-bond acceptors (Lipinski definition) is 4. The van der Waals surface area contributed by atoms with Gasteiger partial charge in [-0.2, -0.15) is 0 Å². The van der Waals surface area contributed by atoms with E-state index in [1.165, 1.54) is 12.1 Å². The molecule has 1 aliphatic rings. The van der Waals surface area contributed by atoms with E-state index in [9.17, 15) is 20.4 Å². The van der Waals surface area contributed by atoms with Crippen LogP contribution < -0.4 is 0 Å². The number of aromatic hydroxyl groups is 2. The zero-order valence-corrected chi connectivity index (χ0v) is 13.3. The Morgan fingerprint density at radius 2 is 1.71 bits per heavy atom. The Morgan fingerprint density at radius 1 is 1.00 bits per heavy atom. The van der Waals surface area contributed by atoms with E-state index in [0.29, 0.717) is 11.1 Å². The molecule has 1 aliphatic carbocycles. The van der Waals surface area contributed by atoms with Crippen molar-refractivity contribution in [2.45, 2.75) is 24.9 Å². The van der Waals surface area contributed by atoms with Crippen LogP contribution in [0.15, 0.2) is 72.0 Å². The van der Waals surface area contributed by atoms with Crippen LogP contribution in [0.2, 0.25) is 0 Å². The van der Waals surface area contributed by atoms with E-state index in [1.54, 1.807) is 25.1 Å². The summed E-state index contributed by atoms with van der Waals surface area (Å²) in [6.45, 7) is 1.63. The lowest BCUT2D eigenvalue weighted by Crippen LogP contribution is -2.25. The number of aliphatic hydroxyl groups excluding tert-OH is 1. The van der Waals surface area contributed by atoms with E-state index in [2.05, 4.69) is 0 Å². The second-order valence-corrected chi connectivity index (χ2v) is 6.36. The van der Waals surface area contributed by atoms with Gasteiger partial charge in [0.2, 0.25) is 0 Å². The van der Waals surface area contributed by atoms with E-state index in [1.807, 2.05) is 30.3 Å². The normalized spacial score (nSPS) is 21.8. The van der Waals surface area contributed by atoms with Crippen LogP contribution in [-0.2, 0) is 0 Å². The first-order valence-electron chi connectivity index (χ1n) is 7.78. The summed E-state index contributed by atoms with van der Waals surface area (Å²) in [4.78, 5) is 0. The first kappa shape index (κ1) is 16.1. The van der Waals surface area contributed by atoms with Crippen molar-refractivity contribution < 1.29 is 20.4 Å². The molecule has 4 nitrogen and oxygen atoms in total. The summed E-state index contributed by atoms with van der Waals surface area (Å²) in [5, 5.41) is 40.5. The minimum Gasteiger partial charge on any atom is -0.512 e. The molecular formula is C20H20O4. The number of allylic oxidation sites excluding steroid dienone is 2. The summed E-state index contributed by atoms with van der Waals surface area (Å²) < 4.78 is 0. The summed E-state index contributed by atoms with van der Waals surface area (Å²) in [6, 6.07) is 13.9. The molecule has 0 saturated carbocycles. The summed E-state index contributed by atoms with van der Waals surface area (Å²) >= 11 is 0. The molecule has 0 aromatic heterocycles. The van der Waals surface area contributed by atoms with E-state index in [-0.39, 0.29) is 23.7 Å². The molecule has 2 aromatic carbocycles. The maximum absolute atomic E-state index is 10.5. The second kappa shape index (κ2) is 6.06. The molecule has 4 N–H and O–H groups in total. The van der Waals surface area contributed by atoms with E-state index in [0.717, 1.165) is 5.56 Å². The number of phenolic OH excluding ortho intramolecular Hbond substituents is 2. The SMILES string of the molecule is CC1(O)C=CC(C(c2ccccc2)c2ccc(O)cc2O)=C(O)C1. The van der Waals surface area contributed by atoms with Crippen molar-refractivity contribution in [1.29, 1.82) is 0 Å². The van der Waals surface area contributed by atoms with Crippen molar-refractivity contribution in [3.63, 3.8) is 0 Å². The molecule has 2 atom stereocenters. The topological polar surface area (TPSA) is 80.9 Å². The van der Waals surface area contributed by atoms with Crippen molar-refractivity contribution in [1.82, 2.24) is 0 Å². The third-order valence-corrected chi connectivity index (χ3v) is 4.25. The van der Waals surface area contributed by atoms with Gasteiger partial charge in [-0.05, 0) is 18.6 Å². The smallest absolute Gasteiger partial charge is 0.123 e. The molecule has 0 fully saturated rings. The van der Waals surface area contributed by atoms with Gasteiger partial charge in [0.25, 0.3) is 0 Å². The van der Waals surface area contributed by atoms with Gasteiger partial charge < -0.3 is 20.4 Å². The fraction of sp³-hybridized carbons (Fsp3) is 0.200. The Morgan fingerprint density at radius 3 is 2.33 bits per heavy atom. The van der Waals surface area contributed by atoms with E-state index < -0.39 is 11.5 Å². The molecule has 3 rings (SSSR count). The molecular weight excluding hydrogens is 304 g/mol. The maximum atomic E-state index is 10.5. The Hall–Kier alpha value is -2.72. The molecule has 24 heavy (non-hydrogen) atoms. The minimum atomic E-state index is -1.09. The van der Waals surface area contributed by atoms with Gasteiger partial charge in [-0.25, -0.2) is 0 Å². The minimum absolute atomic E-state index is 0.0246. The number of aliphatic hydroxyl groups is 2. The quantitative estimate of drug-likeness (QED) is 0.693. The van der Waals surface area contributed by atoms with Gasteiger partial charge in [-0.1, -0.05) is 48.6 Å². The van der Waals surface area contributed by atoms with Crippen LogP contribution in [0.5, 0.6) is 11.5 Å². The fourth-order valence-corrected chi connectivity index (χ4v) is 3.08. The number of benzene rings is 2. The van der Waals surface area contributed by atoms with Crippen molar-refractivity contribution in [3.8, 4) is 11.5 Å². The lowest BCUT2D eigenvalue weighted by Gasteiger charge is -2.28. The highest BCUT2D eigenvalue weighted by atomic mass is 16.3. The third-order valence-electron chi connectivity index (χ3n) is 4.25. The van der Waals surface area contributed by atoms with Gasteiger partial charge in [0, 0.05) is 29.5 Å². The predicted molar refractivity (Wildman–Crippen MR) is 92.1 cm³/mol. The Kier molecular flexibility index (Phi) is 4.08. The van der Waals surface area contributed by atoms with Gasteiger partial charge in [0.05, 0.1) is 11.4 Å². The zero-order valence-electron chi connectivity index (χ0n) is 13.3. The van der Waals surface area contributed by atoms with Crippen molar-refractivity contribution in [3.05, 3.63) is 83.1 Å². The zero-order chi connectivity index (χ0) is 17.3. The molecule has 0 radical (unpaired) electrons. The van der Waals surface area contributed by atoms with Gasteiger partial charge in [0.1, 0.15) is 11.5 Å². The molecule has 4 heteroatoms. The summed E-state index contributed by atoms with van der Waals surface area (Å²) in [5.41, 5.74) is 0.998. The number of rotatable bonds is 3. The van der Waals surface area contributed by atoms with Crippen molar-refractivity contribution >= 4 is 0 Å². The molecule has 124 valence electrons. The highest BCUT2D eigenvalue weighted by Crippen LogP contribution is 2.42. The molecule has 0 spiro atoms. The van der Waals surface area contributed by atoms with Gasteiger partial charge in [0.15, 0.2) is 0 Å². The molecule has 0 bridgehead atoms. The van der Waals surface area contributed by atoms with E-state index >= 15 is 0 Å². The lowest BCUT2D eigenvalue weighted by molar-refractivity contribution is 0.0952. The largest absolute Gasteiger partial charge is 0.512 e. The molecule has 2 unspecified atom stereocenters. The van der Waals surface area contributed by atoms with Gasteiger partial charge in [-0.15, -0.1) is 0 Å². The Bertz CT molecular complexity index is 804. The fourth-order valence-electron chi connectivity index (χ4n) is 3.08. The maximum Gasteiger partial charge on any atom is 0.123 e. The monoisotopic (exact) mass is 324 g/mol. The third kappa shape index (κ3) is 3.14. The second-order valence-electron chi connectivity index (χ2n) is 6.36. The molecule has 0 aliphatic heterocycles. The van der Waals surface area contributed by atoms with Crippen LogP contribution in [0.3, 0.4) is 0 Å². The number of hydrogen-bond donors (Lipinski definition) is 4. The lowest BCUT2D eigenvalue weighted by atomic mass is 9.79. The number of phenols is 2. The molecule has 0 saturated heterocycles. The van der Waals surface area contributed by atoms with Gasteiger partial charge in [-0.3, -0.25) is 0 Å². The standard InChI is InChI=1S/C20H20O4/c1-20(24)10-9-16(18(23)12-20)19(13-5-3-2-4-6-13)15-8-7-14(21)11-17(15)22/h2-11,19,21-24H,12H2,1H3. The molecule has 0 heterocycles. The first-order valence-corrected chi connectivity index (χ1v) is 7.78. The van der Waals surface area contributed by atoms with Crippen molar-refractivity contribution in [2.24, 2.45) is 0 Å². The summed E-state index contributed by atoms with van der Waals surface area (Å²) in [5.74, 6) is -0.388. The Labute approximate surface area is 140 Å². The predicted octanol–water partition coefficient (Wildman–Crippen LogP) is 3.75. The molecule has 0 amide bonds.